The number of nitrogens with one attached hydrogen (secondary N) is 1. The van der Waals surface area contributed by atoms with Crippen LogP contribution < -0.4 is 5.32 Å². The molecule has 0 aromatic carbocycles. The van der Waals surface area contributed by atoms with E-state index in [4.69, 9.17) is 21.8 Å². The summed E-state index contributed by atoms with van der Waals surface area (Å²) in [5.41, 5.74) is -0.781. The number of carbonyl (C=O) groups is 1. The highest BCUT2D eigenvalue weighted by Crippen LogP contribution is 2.19. The second kappa shape index (κ2) is 4.67. The number of pyridine rings is 1. The average molecular weight is 245 g/mol. The van der Waals surface area contributed by atoms with Gasteiger partial charge in [0, 0.05) is 0 Å². The summed E-state index contributed by atoms with van der Waals surface area (Å²) >= 11 is 5.68. The number of nitrogens with zero attached hydrogens (tertiary/aromatic N) is 1. The van der Waals surface area contributed by atoms with Crippen LogP contribution in [0.4, 0.5) is 5.82 Å². The summed E-state index contributed by atoms with van der Waals surface area (Å²) < 4.78 is 0. The molecule has 0 aliphatic carbocycles. The molecule has 0 aliphatic rings. The first-order valence-corrected chi connectivity index (χ1v) is 5.02. The molecule has 0 saturated carbocycles. The highest BCUT2D eigenvalue weighted by atomic mass is 35.5. The van der Waals surface area contributed by atoms with Gasteiger partial charge in [-0.05, 0) is 26.0 Å². The maximum Gasteiger partial charge on any atom is 0.356 e. The van der Waals surface area contributed by atoms with E-state index in [0.29, 0.717) is 5.82 Å². The van der Waals surface area contributed by atoms with Gasteiger partial charge in [0.1, 0.15) is 5.82 Å². The third kappa shape index (κ3) is 3.08. The Morgan fingerprint density at radius 3 is 2.69 bits per heavy atom. The van der Waals surface area contributed by atoms with Crippen molar-refractivity contribution in [1.29, 1.82) is 0 Å². The SMILES string of the molecule is CC(C)(CO)Nc1ccc(Cl)c(C(=O)O)n1. The summed E-state index contributed by atoms with van der Waals surface area (Å²) in [4.78, 5) is 14.6. The lowest BCUT2D eigenvalue weighted by Crippen LogP contribution is -2.35. The molecular formula is C10H13ClN2O3. The van der Waals surface area contributed by atoms with Crippen LogP contribution in [0.3, 0.4) is 0 Å². The standard InChI is InChI=1S/C10H13ClN2O3/c1-10(2,5-14)13-7-4-3-6(11)8(12-7)9(15)16/h3-4,14H,5H2,1-2H3,(H,12,13)(H,15,16). The Bertz CT molecular complexity index is 407. The van der Waals surface area contributed by atoms with Gasteiger partial charge < -0.3 is 15.5 Å². The number of aromatic carboxylic acids is 1. The maximum absolute atomic E-state index is 10.8. The molecule has 0 aliphatic heterocycles. The van der Waals surface area contributed by atoms with E-state index in [1.165, 1.54) is 6.07 Å². The highest BCUT2D eigenvalue weighted by molar-refractivity contribution is 6.33. The first-order valence-electron chi connectivity index (χ1n) is 4.64. The molecule has 16 heavy (non-hydrogen) atoms. The van der Waals surface area contributed by atoms with Crippen LogP contribution in [0.15, 0.2) is 12.1 Å². The molecule has 0 saturated heterocycles. The molecule has 5 nitrogen and oxygen atoms in total. The topological polar surface area (TPSA) is 82.5 Å². The molecule has 0 radical (unpaired) electrons. The zero-order chi connectivity index (χ0) is 12.3. The average Bonchev–Trinajstić information content (AvgIpc) is 2.20. The van der Waals surface area contributed by atoms with E-state index in [1.54, 1.807) is 19.9 Å². The van der Waals surface area contributed by atoms with Crippen LogP contribution in [0.1, 0.15) is 24.3 Å². The summed E-state index contributed by atoms with van der Waals surface area (Å²) in [7, 11) is 0. The van der Waals surface area contributed by atoms with Gasteiger partial charge in [0.05, 0.1) is 17.2 Å². The molecule has 0 bridgehead atoms. The van der Waals surface area contributed by atoms with E-state index in [2.05, 4.69) is 10.3 Å². The van der Waals surface area contributed by atoms with E-state index >= 15 is 0 Å². The number of carboxylic acids is 1. The minimum atomic E-state index is -1.18. The quantitative estimate of drug-likeness (QED) is 0.750. The van der Waals surface area contributed by atoms with E-state index in [9.17, 15) is 4.79 Å². The van der Waals surface area contributed by atoms with Crippen LogP contribution in [0.2, 0.25) is 5.02 Å². The highest BCUT2D eigenvalue weighted by Gasteiger charge is 2.18. The van der Waals surface area contributed by atoms with Crippen molar-refractivity contribution < 1.29 is 15.0 Å². The first kappa shape index (κ1) is 12.7. The zero-order valence-electron chi connectivity index (χ0n) is 8.99. The molecule has 3 N–H and O–H groups in total. The Hall–Kier alpha value is -1.33. The monoisotopic (exact) mass is 244 g/mol. The molecule has 1 aromatic rings. The molecule has 0 amide bonds. The fraction of sp³-hybridized carbons (Fsp3) is 0.400. The third-order valence-corrected chi connectivity index (χ3v) is 2.22. The molecule has 1 heterocycles. The van der Waals surface area contributed by atoms with Crippen molar-refractivity contribution in [2.45, 2.75) is 19.4 Å². The first-order chi connectivity index (χ1) is 7.35. The molecule has 1 aromatic heterocycles. The molecule has 88 valence electrons. The number of aromatic nitrogens is 1. The van der Waals surface area contributed by atoms with Crippen molar-refractivity contribution in [3.63, 3.8) is 0 Å². The number of carboxylic acid groups (broad SMARTS) is 1. The van der Waals surface area contributed by atoms with Crippen LogP contribution in [0.5, 0.6) is 0 Å². The lowest BCUT2D eigenvalue weighted by molar-refractivity contribution is 0.0691. The van der Waals surface area contributed by atoms with Gasteiger partial charge in [-0.15, -0.1) is 0 Å². The van der Waals surface area contributed by atoms with Crippen LogP contribution in [-0.2, 0) is 0 Å². The normalized spacial score (nSPS) is 11.2. The minimum Gasteiger partial charge on any atom is -0.476 e. The largest absolute Gasteiger partial charge is 0.476 e. The second-order valence-electron chi connectivity index (χ2n) is 4.00. The van der Waals surface area contributed by atoms with E-state index in [-0.39, 0.29) is 17.3 Å². The number of aliphatic hydroxyl groups excluding tert-OH is 1. The van der Waals surface area contributed by atoms with Gasteiger partial charge in [-0.25, -0.2) is 9.78 Å². The van der Waals surface area contributed by atoms with Gasteiger partial charge in [0.2, 0.25) is 0 Å². The smallest absolute Gasteiger partial charge is 0.356 e. The van der Waals surface area contributed by atoms with E-state index in [1.807, 2.05) is 0 Å². The van der Waals surface area contributed by atoms with Gasteiger partial charge in [-0.1, -0.05) is 11.6 Å². The predicted molar refractivity (Wildman–Crippen MR) is 61.0 cm³/mol. The van der Waals surface area contributed by atoms with Gasteiger partial charge in [-0.3, -0.25) is 0 Å². The van der Waals surface area contributed by atoms with Gasteiger partial charge in [-0.2, -0.15) is 0 Å². The number of anilines is 1. The van der Waals surface area contributed by atoms with E-state index < -0.39 is 11.5 Å². The van der Waals surface area contributed by atoms with E-state index in [0.717, 1.165) is 0 Å². The second-order valence-corrected chi connectivity index (χ2v) is 4.41. The zero-order valence-corrected chi connectivity index (χ0v) is 9.75. The third-order valence-electron chi connectivity index (χ3n) is 1.91. The van der Waals surface area contributed by atoms with Crippen molar-refractivity contribution in [3.05, 3.63) is 22.8 Å². The Morgan fingerprint density at radius 2 is 2.19 bits per heavy atom. The van der Waals surface area contributed by atoms with Gasteiger partial charge >= 0.3 is 5.97 Å². The summed E-state index contributed by atoms with van der Waals surface area (Å²) in [6, 6.07) is 3.01. The van der Waals surface area contributed by atoms with Crippen LogP contribution in [-0.4, -0.2) is 33.3 Å². The Morgan fingerprint density at radius 1 is 1.56 bits per heavy atom. The van der Waals surface area contributed by atoms with Gasteiger partial charge in [0.15, 0.2) is 5.69 Å². The summed E-state index contributed by atoms with van der Waals surface area (Å²) in [5.74, 6) is -0.823. The Kier molecular flexibility index (Phi) is 3.72. The molecule has 0 atom stereocenters. The number of hydrogen-bond acceptors (Lipinski definition) is 4. The van der Waals surface area contributed by atoms with Crippen molar-refractivity contribution in [1.82, 2.24) is 4.98 Å². The predicted octanol–water partition coefficient (Wildman–Crippen LogP) is 1.62. The van der Waals surface area contributed by atoms with Crippen LogP contribution in [0.25, 0.3) is 0 Å². The van der Waals surface area contributed by atoms with Crippen LogP contribution in [0, 0.1) is 0 Å². The maximum atomic E-state index is 10.8. The van der Waals surface area contributed by atoms with Gasteiger partial charge in [0.25, 0.3) is 0 Å². The van der Waals surface area contributed by atoms with Crippen molar-refractivity contribution in [2.75, 3.05) is 11.9 Å². The molecule has 1 rings (SSSR count). The minimum absolute atomic E-state index is 0.0832. The summed E-state index contributed by atoms with van der Waals surface area (Å²) in [6.45, 7) is 3.44. The fourth-order valence-corrected chi connectivity index (χ4v) is 1.23. The van der Waals surface area contributed by atoms with Crippen molar-refractivity contribution in [3.8, 4) is 0 Å². The molecular weight excluding hydrogens is 232 g/mol. The Balaban J connectivity index is 3.00. The lowest BCUT2D eigenvalue weighted by Gasteiger charge is -2.24. The van der Waals surface area contributed by atoms with Crippen molar-refractivity contribution >= 4 is 23.4 Å². The van der Waals surface area contributed by atoms with Crippen LogP contribution >= 0.6 is 11.6 Å². The summed E-state index contributed by atoms with van der Waals surface area (Å²) in [6.07, 6.45) is 0. The number of halogens is 1. The lowest BCUT2D eigenvalue weighted by atomic mass is 10.1. The Labute approximate surface area is 98.1 Å². The number of hydrogen-bond donors (Lipinski definition) is 3. The molecule has 0 fully saturated rings. The molecule has 0 unspecified atom stereocenters. The summed E-state index contributed by atoms with van der Waals surface area (Å²) in [5, 5.41) is 20.9. The number of rotatable bonds is 4. The van der Waals surface area contributed by atoms with Crippen molar-refractivity contribution in [2.24, 2.45) is 0 Å². The fourth-order valence-electron chi connectivity index (χ4n) is 1.05. The molecule has 6 heteroatoms. The molecule has 0 spiro atoms. The number of aliphatic hydroxyl groups is 1.